The van der Waals surface area contributed by atoms with Gasteiger partial charge in [-0.2, -0.15) is 0 Å². The molecule has 0 saturated heterocycles. The van der Waals surface area contributed by atoms with Crippen molar-refractivity contribution >= 4 is 29.7 Å². The zero-order valence-corrected chi connectivity index (χ0v) is 12.7. The molecule has 0 saturated carbocycles. The van der Waals surface area contributed by atoms with Crippen LogP contribution in [0.1, 0.15) is 20.3 Å². The maximum Gasteiger partial charge on any atom is 0.325 e. The third-order valence-corrected chi connectivity index (χ3v) is 2.65. The Hall–Kier alpha value is -2.69. The maximum absolute atomic E-state index is 11.6. The SMILES string of the molecule is CC(NC(=O)C(C)NC(=O)CNC(=O)C(N)CC(=O)O)C(=O)O. The summed E-state index contributed by atoms with van der Waals surface area (Å²) in [6, 6.07) is -3.43. The fourth-order valence-corrected chi connectivity index (χ4v) is 1.34. The quantitative estimate of drug-likeness (QED) is 0.257. The molecule has 11 heteroatoms. The van der Waals surface area contributed by atoms with Gasteiger partial charge in [0.15, 0.2) is 0 Å². The summed E-state index contributed by atoms with van der Waals surface area (Å²) in [6.45, 7) is 2.09. The highest BCUT2D eigenvalue weighted by molar-refractivity contribution is 5.92. The molecule has 3 amide bonds. The first kappa shape index (κ1) is 20.3. The van der Waals surface area contributed by atoms with Crippen LogP contribution in [0.25, 0.3) is 0 Å². The minimum Gasteiger partial charge on any atom is -0.481 e. The largest absolute Gasteiger partial charge is 0.481 e. The van der Waals surface area contributed by atoms with Crippen molar-refractivity contribution in [2.45, 2.75) is 38.4 Å². The normalized spacial score (nSPS) is 14.0. The predicted molar refractivity (Wildman–Crippen MR) is 76.1 cm³/mol. The average molecular weight is 332 g/mol. The molecule has 23 heavy (non-hydrogen) atoms. The lowest BCUT2D eigenvalue weighted by molar-refractivity contribution is -0.141. The highest BCUT2D eigenvalue weighted by Gasteiger charge is 2.21. The van der Waals surface area contributed by atoms with Crippen molar-refractivity contribution in [3.8, 4) is 0 Å². The van der Waals surface area contributed by atoms with Crippen LogP contribution in [0.4, 0.5) is 0 Å². The Morgan fingerprint density at radius 2 is 1.52 bits per heavy atom. The summed E-state index contributed by atoms with van der Waals surface area (Å²) in [5, 5.41) is 23.7. The molecule has 0 aromatic heterocycles. The van der Waals surface area contributed by atoms with Crippen LogP contribution in [0.5, 0.6) is 0 Å². The Morgan fingerprint density at radius 1 is 0.957 bits per heavy atom. The molecule has 0 fully saturated rings. The van der Waals surface area contributed by atoms with Gasteiger partial charge in [-0.3, -0.25) is 24.0 Å². The molecule has 0 aromatic rings. The lowest BCUT2D eigenvalue weighted by Crippen LogP contribution is -2.52. The molecule has 0 spiro atoms. The van der Waals surface area contributed by atoms with Gasteiger partial charge >= 0.3 is 11.9 Å². The molecule has 0 aliphatic carbocycles. The highest BCUT2D eigenvalue weighted by Crippen LogP contribution is 1.89. The maximum atomic E-state index is 11.6. The number of carbonyl (C=O) groups is 5. The highest BCUT2D eigenvalue weighted by atomic mass is 16.4. The van der Waals surface area contributed by atoms with Crippen molar-refractivity contribution in [2.75, 3.05) is 6.54 Å². The topological polar surface area (TPSA) is 188 Å². The van der Waals surface area contributed by atoms with Crippen LogP contribution >= 0.6 is 0 Å². The monoisotopic (exact) mass is 332 g/mol. The lowest BCUT2D eigenvalue weighted by atomic mass is 10.2. The molecule has 0 rings (SSSR count). The smallest absolute Gasteiger partial charge is 0.325 e. The number of carboxylic acid groups (broad SMARTS) is 2. The minimum atomic E-state index is -1.29. The van der Waals surface area contributed by atoms with E-state index in [0.29, 0.717) is 0 Å². The van der Waals surface area contributed by atoms with E-state index in [0.717, 1.165) is 0 Å². The van der Waals surface area contributed by atoms with Gasteiger partial charge in [-0.05, 0) is 13.8 Å². The molecule has 0 aliphatic heterocycles. The number of hydrogen-bond acceptors (Lipinski definition) is 6. The third-order valence-electron chi connectivity index (χ3n) is 2.65. The summed E-state index contributed by atoms with van der Waals surface area (Å²) < 4.78 is 0. The standard InChI is InChI=1S/C12H20N4O7/c1-5(10(20)16-6(2)12(22)23)15-8(17)4-14-11(21)7(13)3-9(18)19/h5-7H,3-4,13H2,1-2H3,(H,14,21)(H,15,17)(H,16,20)(H,18,19)(H,22,23). The Kier molecular flexibility index (Phi) is 8.26. The van der Waals surface area contributed by atoms with Gasteiger partial charge in [0.2, 0.25) is 17.7 Å². The molecule has 0 aliphatic rings. The number of nitrogens with one attached hydrogen (secondary N) is 3. The van der Waals surface area contributed by atoms with Crippen molar-refractivity contribution < 1.29 is 34.2 Å². The Morgan fingerprint density at radius 3 is 2.00 bits per heavy atom. The van der Waals surface area contributed by atoms with Crippen molar-refractivity contribution in [1.82, 2.24) is 16.0 Å². The first-order valence-corrected chi connectivity index (χ1v) is 6.62. The number of hydrogen-bond donors (Lipinski definition) is 6. The van der Waals surface area contributed by atoms with E-state index in [2.05, 4.69) is 16.0 Å². The molecular weight excluding hydrogens is 312 g/mol. The average Bonchev–Trinajstić information content (AvgIpc) is 2.43. The first-order chi connectivity index (χ1) is 10.5. The van der Waals surface area contributed by atoms with Crippen LogP contribution in [-0.2, 0) is 24.0 Å². The molecule has 0 radical (unpaired) electrons. The number of carboxylic acids is 2. The predicted octanol–water partition coefficient (Wildman–Crippen LogP) is -3.00. The lowest BCUT2D eigenvalue weighted by Gasteiger charge is -2.16. The third kappa shape index (κ3) is 8.36. The van der Waals surface area contributed by atoms with Gasteiger partial charge in [-0.15, -0.1) is 0 Å². The second-order valence-electron chi connectivity index (χ2n) is 4.78. The second-order valence-corrected chi connectivity index (χ2v) is 4.78. The summed E-state index contributed by atoms with van der Waals surface area (Å²) in [7, 11) is 0. The number of carbonyl (C=O) groups excluding carboxylic acids is 3. The van der Waals surface area contributed by atoms with Crippen molar-refractivity contribution in [3.05, 3.63) is 0 Å². The van der Waals surface area contributed by atoms with Crippen LogP contribution in [0.15, 0.2) is 0 Å². The van der Waals surface area contributed by atoms with Gasteiger partial charge in [0.1, 0.15) is 12.1 Å². The van der Waals surface area contributed by atoms with E-state index in [-0.39, 0.29) is 0 Å². The summed E-state index contributed by atoms with van der Waals surface area (Å²) in [5.41, 5.74) is 5.29. The van der Waals surface area contributed by atoms with E-state index >= 15 is 0 Å². The number of rotatable bonds is 9. The van der Waals surface area contributed by atoms with Crippen LogP contribution in [-0.4, -0.2) is 64.5 Å². The number of aliphatic carboxylic acids is 2. The van der Waals surface area contributed by atoms with E-state index in [9.17, 15) is 24.0 Å². The minimum absolute atomic E-state index is 0.502. The molecular formula is C12H20N4O7. The van der Waals surface area contributed by atoms with Crippen molar-refractivity contribution in [3.63, 3.8) is 0 Å². The van der Waals surface area contributed by atoms with E-state index in [1.54, 1.807) is 0 Å². The molecule has 0 bridgehead atoms. The summed E-state index contributed by atoms with van der Waals surface area (Å²) in [6.07, 6.45) is -0.584. The van der Waals surface area contributed by atoms with E-state index < -0.39 is 60.8 Å². The molecule has 11 nitrogen and oxygen atoms in total. The Bertz CT molecular complexity index is 494. The van der Waals surface area contributed by atoms with Gasteiger partial charge in [0, 0.05) is 0 Å². The fourth-order valence-electron chi connectivity index (χ4n) is 1.34. The molecule has 3 atom stereocenters. The van der Waals surface area contributed by atoms with Crippen molar-refractivity contribution in [2.24, 2.45) is 5.73 Å². The Balaban J connectivity index is 4.23. The second kappa shape index (κ2) is 9.35. The first-order valence-electron chi connectivity index (χ1n) is 6.62. The number of nitrogens with two attached hydrogens (primary N) is 1. The van der Waals surface area contributed by atoms with Gasteiger partial charge in [-0.25, -0.2) is 0 Å². The van der Waals surface area contributed by atoms with E-state index in [1.165, 1.54) is 13.8 Å². The van der Waals surface area contributed by atoms with Crippen LogP contribution < -0.4 is 21.7 Å². The molecule has 130 valence electrons. The molecule has 0 heterocycles. The molecule has 0 aromatic carbocycles. The van der Waals surface area contributed by atoms with Crippen LogP contribution in [0, 0.1) is 0 Å². The van der Waals surface area contributed by atoms with Crippen LogP contribution in [0.3, 0.4) is 0 Å². The van der Waals surface area contributed by atoms with Crippen molar-refractivity contribution in [1.29, 1.82) is 0 Å². The van der Waals surface area contributed by atoms with Gasteiger partial charge < -0.3 is 31.9 Å². The number of amides is 3. The zero-order valence-electron chi connectivity index (χ0n) is 12.7. The van der Waals surface area contributed by atoms with Gasteiger partial charge in [0.25, 0.3) is 0 Å². The summed E-state index contributed by atoms with van der Waals surface area (Å²) in [4.78, 5) is 55.5. The zero-order chi connectivity index (χ0) is 18.2. The fraction of sp³-hybridized carbons (Fsp3) is 0.583. The molecule has 3 unspecified atom stereocenters. The summed E-state index contributed by atoms with van der Waals surface area (Å²) >= 11 is 0. The van der Waals surface area contributed by atoms with Gasteiger partial charge in [0.05, 0.1) is 19.0 Å². The van der Waals surface area contributed by atoms with E-state index in [4.69, 9.17) is 15.9 Å². The molecule has 7 N–H and O–H groups in total. The van der Waals surface area contributed by atoms with Crippen LogP contribution in [0.2, 0.25) is 0 Å². The summed E-state index contributed by atoms with van der Waals surface area (Å²) in [5.74, 6) is -4.72. The van der Waals surface area contributed by atoms with Gasteiger partial charge in [-0.1, -0.05) is 0 Å². The Labute approximate surface area is 131 Å². The van der Waals surface area contributed by atoms with E-state index in [1.807, 2.05) is 0 Å².